The lowest BCUT2D eigenvalue weighted by atomic mass is 10.0. The first-order chi connectivity index (χ1) is 14.5. The van der Waals surface area contributed by atoms with Crippen LogP contribution in [0.1, 0.15) is 51.3 Å². The molecule has 0 saturated carbocycles. The van der Waals surface area contributed by atoms with Gasteiger partial charge < -0.3 is 10.6 Å². The Hall–Kier alpha value is -3.18. The first kappa shape index (κ1) is 21.5. The fourth-order valence-corrected chi connectivity index (χ4v) is 3.77. The topological polar surface area (TPSA) is 58.2 Å². The van der Waals surface area contributed by atoms with E-state index in [0.29, 0.717) is 5.56 Å². The first-order valence-electron chi connectivity index (χ1n) is 9.97. The molecule has 1 heterocycles. The molecule has 2 amide bonds. The molecule has 5 heteroatoms. The van der Waals surface area contributed by atoms with Crippen LogP contribution in [0.5, 0.6) is 0 Å². The summed E-state index contributed by atoms with van der Waals surface area (Å²) < 4.78 is 0. The van der Waals surface area contributed by atoms with Crippen LogP contribution >= 0.6 is 11.3 Å². The molecule has 0 aliphatic carbocycles. The lowest BCUT2D eigenvalue weighted by Gasteiger charge is -2.19. The number of rotatable bonds is 7. The molecule has 1 aromatic heterocycles. The standard InChI is InChI=1S/C25H26N2O2S/c1-4-22(19-12-10-17(2)11-13-19)26-25(29)23(16-21-9-6-14-30-21)27-24(28)20-8-5-7-18(3)15-20/h5-16,22H,4H2,1-3H3,(H,26,29)(H,27,28)/b23-16-/t22-/m1/s1. The van der Waals surface area contributed by atoms with Crippen molar-refractivity contribution in [3.8, 4) is 0 Å². The molecule has 1 atom stereocenters. The molecule has 0 spiro atoms. The van der Waals surface area contributed by atoms with E-state index in [-0.39, 0.29) is 23.6 Å². The van der Waals surface area contributed by atoms with E-state index in [0.717, 1.165) is 22.4 Å². The van der Waals surface area contributed by atoms with Crippen LogP contribution in [-0.2, 0) is 4.79 Å². The largest absolute Gasteiger partial charge is 0.344 e. The van der Waals surface area contributed by atoms with Gasteiger partial charge in [0.05, 0.1) is 6.04 Å². The number of aryl methyl sites for hydroxylation is 2. The van der Waals surface area contributed by atoms with E-state index in [1.807, 2.05) is 74.7 Å². The minimum absolute atomic E-state index is 0.138. The van der Waals surface area contributed by atoms with Crippen LogP contribution in [-0.4, -0.2) is 11.8 Å². The van der Waals surface area contributed by atoms with Gasteiger partial charge in [-0.25, -0.2) is 0 Å². The maximum Gasteiger partial charge on any atom is 0.268 e. The number of hydrogen-bond acceptors (Lipinski definition) is 3. The number of carbonyl (C=O) groups is 2. The quantitative estimate of drug-likeness (QED) is 0.505. The molecule has 154 valence electrons. The molecule has 0 aliphatic rings. The highest BCUT2D eigenvalue weighted by Crippen LogP contribution is 2.19. The van der Waals surface area contributed by atoms with Gasteiger partial charge in [-0.15, -0.1) is 11.3 Å². The Bertz CT molecular complexity index is 1040. The molecular formula is C25H26N2O2S. The summed E-state index contributed by atoms with van der Waals surface area (Å²) in [4.78, 5) is 26.8. The smallest absolute Gasteiger partial charge is 0.268 e. The van der Waals surface area contributed by atoms with Crippen molar-refractivity contribution >= 4 is 29.2 Å². The van der Waals surface area contributed by atoms with E-state index >= 15 is 0 Å². The third kappa shape index (κ3) is 5.67. The summed E-state index contributed by atoms with van der Waals surface area (Å²) in [5.74, 6) is -0.614. The third-order valence-corrected chi connectivity index (χ3v) is 5.62. The fourth-order valence-electron chi connectivity index (χ4n) is 3.11. The Morgan fingerprint density at radius 3 is 2.40 bits per heavy atom. The number of amides is 2. The maximum absolute atomic E-state index is 13.1. The molecule has 0 unspecified atom stereocenters. The summed E-state index contributed by atoms with van der Waals surface area (Å²) >= 11 is 1.51. The third-order valence-electron chi connectivity index (χ3n) is 4.80. The number of benzene rings is 2. The highest BCUT2D eigenvalue weighted by atomic mass is 32.1. The zero-order chi connectivity index (χ0) is 21.5. The van der Waals surface area contributed by atoms with Crippen LogP contribution in [0.15, 0.2) is 71.7 Å². The summed E-state index contributed by atoms with van der Waals surface area (Å²) in [6.45, 7) is 5.99. The van der Waals surface area contributed by atoms with Gasteiger partial charge in [0.1, 0.15) is 5.70 Å². The highest BCUT2D eigenvalue weighted by molar-refractivity contribution is 7.10. The summed E-state index contributed by atoms with van der Waals surface area (Å²) in [6.07, 6.45) is 2.46. The molecule has 0 bridgehead atoms. The van der Waals surface area contributed by atoms with Gasteiger partial charge in [-0.2, -0.15) is 0 Å². The van der Waals surface area contributed by atoms with Crippen LogP contribution in [0.4, 0.5) is 0 Å². The van der Waals surface area contributed by atoms with Crippen molar-refractivity contribution in [1.82, 2.24) is 10.6 Å². The van der Waals surface area contributed by atoms with Crippen LogP contribution in [0.2, 0.25) is 0 Å². The Kier molecular flexibility index (Phi) is 7.20. The molecule has 3 rings (SSSR count). The predicted molar refractivity (Wildman–Crippen MR) is 123 cm³/mol. The van der Waals surface area contributed by atoms with Crippen molar-refractivity contribution < 1.29 is 9.59 Å². The molecule has 30 heavy (non-hydrogen) atoms. The van der Waals surface area contributed by atoms with Crippen LogP contribution in [0.25, 0.3) is 6.08 Å². The van der Waals surface area contributed by atoms with Gasteiger partial charge in [0.2, 0.25) is 0 Å². The Balaban J connectivity index is 1.83. The SMILES string of the molecule is CC[C@@H](NC(=O)/C(=C/c1cccs1)NC(=O)c1cccc(C)c1)c1ccc(C)cc1. The van der Waals surface area contributed by atoms with Crippen LogP contribution < -0.4 is 10.6 Å². The second kappa shape index (κ2) is 10.0. The monoisotopic (exact) mass is 418 g/mol. The lowest BCUT2D eigenvalue weighted by molar-refractivity contribution is -0.118. The highest BCUT2D eigenvalue weighted by Gasteiger charge is 2.19. The average molecular weight is 419 g/mol. The molecule has 2 N–H and O–H groups in total. The fraction of sp³-hybridized carbons (Fsp3) is 0.200. The normalized spacial score (nSPS) is 12.3. The van der Waals surface area contributed by atoms with Crippen molar-refractivity contribution in [2.75, 3.05) is 0 Å². The zero-order valence-corrected chi connectivity index (χ0v) is 18.3. The second-order valence-corrected chi connectivity index (χ2v) is 8.22. The molecule has 2 aromatic carbocycles. The molecule has 0 saturated heterocycles. The van der Waals surface area contributed by atoms with E-state index in [2.05, 4.69) is 10.6 Å². The van der Waals surface area contributed by atoms with Crippen molar-refractivity contribution in [3.05, 3.63) is 98.9 Å². The summed E-state index contributed by atoms with van der Waals surface area (Å²) in [5, 5.41) is 7.81. The van der Waals surface area contributed by atoms with Gasteiger partial charge in [-0.1, -0.05) is 60.5 Å². The minimum atomic E-state index is -0.308. The molecule has 0 fully saturated rings. The van der Waals surface area contributed by atoms with Gasteiger partial charge in [0, 0.05) is 10.4 Å². The minimum Gasteiger partial charge on any atom is -0.344 e. The Morgan fingerprint density at radius 2 is 1.77 bits per heavy atom. The van der Waals surface area contributed by atoms with Gasteiger partial charge in [-0.3, -0.25) is 9.59 Å². The Labute approximate surface area is 181 Å². The average Bonchev–Trinajstić information content (AvgIpc) is 3.25. The zero-order valence-electron chi connectivity index (χ0n) is 17.4. The first-order valence-corrected chi connectivity index (χ1v) is 10.8. The summed E-state index contributed by atoms with van der Waals surface area (Å²) in [5.41, 5.74) is 3.95. The number of nitrogens with one attached hydrogen (secondary N) is 2. The van der Waals surface area contributed by atoms with Gasteiger partial charge >= 0.3 is 0 Å². The van der Waals surface area contributed by atoms with Crippen molar-refractivity contribution in [3.63, 3.8) is 0 Å². The number of thiophene rings is 1. The van der Waals surface area contributed by atoms with E-state index in [4.69, 9.17) is 0 Å². The van der Waals surface area contributed by atoms with Gasteiger partial charge in [0.15, 0.2) is 0 Å². The van der Waals surface area contributed by atoms with Crippen LogP contribution in [0, 0.1) is 13.8 Å². The predicted octanol–water partition coefficient (Wildman–Crippen LogP) is 5.40. The van der Waals surface area contributed by atoms with Gasteiger partial charge in [0.25, 0.3) is 11.8 Å². The number of carbonyl (C=O) groups excluding carboxylic acids is 2. The summed E-state index contributed by atoms with van der Waals surface area (Å²) in [7, 11) is 0. The molecule has 0 aliphatic heterocycles. The van der Waals surface area contributed by atoms with E-state index in [1.165, 1.54) is 16.9 Å². The number of hydrogen-bond donors (Lipinski definition) is 2. The second-order valence-electron chi connectivity index (χ2n) is 7.24. The summed E-state index contributed by atoms with van der Waals surface area (Å²) in [6, 6.07) is 19.1. The van der Waals surface area contributed by atoms with Crippen molar-refractivity contribution in [2.24, 2.45) is 0 Å². The van der Waals surface area contributed by atoms with Crippen molar-refractivity contribution in [2.45, 2.75) is 33.2 Å². The van der Waals surface area contributed by atoms with E-state index in [1.54, 1.807) is 18.2 Å². The molecule has 0 radical (unpaired) electrons. The molecule has 4 nitrogen and oxygen atoms in total. The van der Waals surface area contributed by atoms with Crippen molar-refractivity contribution in [1.29, 1.82) is 0 Å². The molecular weight excluding hydrogens is 392 g/mol. The van der Waals surface area contributed by atoms with Crippen LogP contribution in [0.3, 0.4) is 0 Å². The van der Waals surface area contributed by atoms with E-state index in [9.17, 15) is 9.59 Å². The van der Waals surface area contributed by atoms with E-state index < -0.39 is 0 Å². The Morgan fingerprint density at radius 1 is 1.00 bits per heavy atom. The lowest BCUT2D eigenvalue weighted by Crippen LogP contribution is -2.36. The molecule has 3 aromatic rings. The maximum atomic E-state index is 13.1. The van der Waals surface area contributed by atoms with Gasteiger partial charge in [-0.05, 0) is 55.5 Å².